The molecule has 1 N–H and O–H groups in total. The lowest BCUT2D eigenvalue weighted by Gasteiger charge is -2.31. The number of benzene rings is 2. The highest BCUT2D eigenvalue weighted by atomic mass is 35.5. The van der Waals surface area contributed by atoms with Gasteiger partial charge < -0.3 is 10.1 Å². The average molecular weight is 423 g/mol. The summed E-state index contributed by atoms with van der Waals surface area (Å²) in [7, 11) is -3.66. The fraction of sp³-hybridized carbons (Fsp3) is 0.350. The van der Waals surface area contributed by atoms with Crippen LogP contribution < -0.4 is 10.1 Å². The highest BCUT2D eigenvalue weighted by Gasteiger charge is 2.33. The Hall–Kier alpha value is -2.09. The molecule has 0 bridgehead atoms. The van der Waals surface area contributed by atoms with Gasteiger partial charge in [-0.2, -0.15) is 4.31 Å². The van der Waals surface area contributed by atoms with Crippen molar-refractivity contribution in [3.8, 4) is 5.75 Å². The van der Waals surface area contributed by atoms with E-state index in [1.54, 1.807) is 24.3 Å². The Morgan fingerprint density at radius 3 is 2.64 bits per heavy atom. The Bertz CT molecular complexity index is 931. The number of halogens is 1. The first kappa shape index (κ1) is 20.6. The van der Waals surface area contributed by atoms with Gasteiger partial charge in [-0.05, 0) is 56.2 Å². The summed E-state index contributed by atoms with van der Waals surface area (Å²) in [4.78, 5) is 13.0. The number of carbonyl (C=O) groups is 1. The van der Waals surface area contributed by atoms with Crippen molar-refractivity contribution in [1.82, 2.24) is 4.31 Å². The summed E-state index contributed by atoms with van der Waals surface area (Å²) in [5.74, 6) is -0.0338. The summed E-state index contributed by atoms with van der Waals surface area (Å²) in [5, 5.41) is 3.36. The molecule has 2 aromatic rings. The molecule has 1 aliphatic rings. The first-order valence-corrected chi connectivity index (χ1v) is 11.0. The van der Waals surface area contributed by atoms with Crippen LogP contribution in [0.2, 0.25) is 5.02 Å². The molecule has 1 fully saturated rings. The molecule has 6 nitrogen and oxygen atoms in total. The predicted molar refractivity (Wildman–Crippen MR) is 109 cm³/mol. The highest BCUT2D eigenvalue weighted by Crippen LogP contribution is 2.28. The van der Waals surface area contributed by atoms with E-state index in [0.29, 0.717) is 42.5 Å². The van der Waals surface area contributed by atoms with E-state index in [1.807, 2.05) is 19.1 Å². The van der Waals surface area contributed by atoms with Crippen molar-refractivity contribution in [3.05, 3.63) is 53.6 Å². The maximum absolute atomic E-state index is 12.9. The fourth-order valence-corrected chi connectivity index (χ4v) is 4.87. The van der Waals surface area contributed by atoms with Crippen LogP contribution in [0.25, 0.3) is 0 Å². The molecule has 150 valence electrons. The third-order valence-corrected chi connectivity index (χ3v) is 6.78. The van der Waals surface area contributed by atoms with Crippen molar-refractivity contribution in [1.29, 1.82) is 0 Å². The van der Waals surface area contributed by atoms with Crippen LogP contribution in [0.15, 0.2) is 53.4 Å². The number of nitrogens with zero attached hydrogens (tertiary/aromatic N) is 1. The van der Waals surface area contributed by atoms with Crippen molar-refractivity contribution >= 4 is 33.2 Å². The summed E-state index contributed by atoms with van der Waals surface area (Å²) in [6, 6.07) is 13.3. The van der Waals surface area contributed by atoms with Crippen LogP contribution in [0, 0.1) is 5.92 Å². The Morgan fingerprint density at radius 1 is 1.21 bits per heavy atom. The summed E-state index contributed by atoms with van der Waals surface area (Å²) in [6.07, 6.45) is 1.26. The van der Waals surface area contributed by atoms with E-state index in [2.05, 4.69) is 5.32 Å². The maximum atomic E-state index is 12.9. The fourth-order valence-electron chi connectivity index (χ4n) is 3.22. The Balaban J connectivity index is 1.72. The molecule has 8 heteroatoms. The Labute approximate surface area is 170 Å². The van der Waals surface area contributed by atoms with Gasteiger partial charge in [0.1, 0.15) is 5.75 Å². The number of piperidine rings is 1. The highest BCUT2D eigenvalue weighted by molar-refractivity contribution is 7.89. The summed E-state index contributed by atoms with van der Waals surface area (Å²) in [5.41, 5.74) is 0.590. The van der Waals surface area contributed by atoms with E-state index in [0.717, 1.165) is 0 Å². The molecule has 1 saturated heterocycles. The summed E-state index contributed by atoms with van der Waals surface area (Å²) >= 11 is 5.85. The minimum atomic E-state index is -3.66. The molecule has 0 spiro atoms. The van der Waals surface area contributed by atoms with Gasteiger partial charge in [0, 0.05) is 18.1 Å². The van der Waals surface area contributed by atoms with Crippen LogP contribution in [0.3, 0.4) is 0 Å². The second-order valence-corrected chi connectivity index (χ2v) is 8.95. The van der Waals surface area contributed by atoms with Gasteiger partial charge in [0.05, 0.1) is 23.1 Å². The molecular weight excluding hydrogens is 400 g/mol. The molecule has 1 atom stereocenters. The van der Waals surface area contributed by atoms with Crippen molar-refractivity contribution in [2.75, 3.05) is 25.0 Å². The lowest BCUT2D eigenvalue weighted by Crippen LogP contribution is -2.43. The minimum Gasteiger partial charge on any atom is -0.492 e. The van der Waals surface area contributed by atoms with E-state index < -0.39 is 15.9 Å². The number of rotatable bonds is 6. The van der Waals surface area contributed by atoms with E-state index in [9.17, 15) is 13.2 Å². The SMILES string of the molecule is CCOc1ccccc1NC(=O)[C@@H]1CCCN(S(=O)(=O)c2ccc(Cl)cc2)C1. The number of sulfonamides is 1. The van der Waals surface area contributed by atoms with E-state index >= 15 is 0 Å². The topological polar surface area (TPSA) is 75.7 Å². The van der Waals surface area contributed by atoms with Crippen molar-refractivity contribution in [2.24, 2.45) is 5.92 Å². The number of anilines is 1. The number of carbonyl (C=O) groups excluding carboxylic acids is 1. The summed E-state index contributed by atoms with van der Waals surface area (Å²) in [6.45, 7) is 2.90. The van der Waals surface area contributed by atoms with Crippen LogP contribution in [0.4, 0.5) is 5.69 Å². The quantitative estimate of drug-likeness (QED) is 0.768. The number of ether oxygens (including phenoxy) is 1. The van der Waals surface area contributed by atoms with Gasteiger partial charge in [-0.1, -0.05) is 23.7 Å². The molecule has 0 unspecified atom stereocenters. The molecule has 2 aromatic carbocycles. The lowest BCUT2D eigenvalue weighted by atomic mass is 9.98. The molecule has 1 amide bonds. The van der Waals surface area contributed by atoms with Crippen LogP contribution in [-0.4, -0.2) is 38.3 Å². The predicted octanol–water partition coefficient (Wildman–Crippen LogP) is 3.78. The Kier molecular flexibility index (Phi) is 6.59. The number of amides is 1. The molecule has 1 aliphatic heterocycles. The van der Waals surface area contributed by atoms with Crippen LogP contribution >= 0.6 is 11.6 Å². The molecule has 1 heterocycles. The molecule has 0 saturated carbocycles. The largest absolute Gasteiger partial charge is 0.492 e. The third kappa shape index (κ3) is 4.66. The van der Waals surface area contributed by atoms with Crippen LogP contribution in [0.5, 0.6) is 5.75 Å². The van der Waals surface area contributed by atoms with Crippen molar-refractivity contribution in [2.45, 2.75) is 24.7 Å². The van der Waals surface area contributed by atoms with Gasteiger partial charge in [-0.15, -0.1) is 0 Å². The van der Waals surface area contributed by atoms with Gasteiger partial charge in [0.2, 0.25) is 15.9 Å². The monoisotopic (exact) mass is 422 g/mol. The van der Waals surface area contributed by atoms with Gasteiger partial charge in [-0.25, -0.2) is 8.42 Å². The first-order chi connectivity index (χ1) is 13.4. The van der Waals surface area contributed by atoms with E-state index in [-0.39, 0.29) is 17.3 Å². The van der Waals surface area contributed by atoms with Gasteiger partial charge >= 0.3 is 0 Å². The smallest absolute Gasteiger partial charge is 0.243 e. The lowest BCUT2D eigenvalue weighted by molar-refractivity contribution is -0.120. The maximum Gasteiger partial charge on any atom is 0.243 e. The van der Waals surface area contributed by atoms with Gasteiger partial charge in [-0.3, -0.25) is 4.79 Å². The molecular formula is C20H23ClN2O4S. The first-order valence-electron chi connectivity index (χ1n) is 9.20. The average Bonchev–Trinajstić information content (AvgIpc) is 2.70. The van der Waals surface area contributed by atoms with E-state index in [1.165, 1.54) is 16.4 Å². The van der Waals surface area contributed by atoms with Crippen LogP contribution in [0.1, 0.15) is 19.8 Å². The zero-order valence-electron chi connectivity index (χ0n) is 15.6. The molecule has 0 radical (unpaired) electrons. The minimum absolute atomic E-state index is 0.146. The second kappa shape index (κ2) is 8.94. The van der Waals surface area contributed by atoms with Crippen LogP contribution in [-0.2, 0) is 14.8 Å². The number of para-hydroxylation sites is 2. The van der Waals surface area contributed by atoms with E-state index in [4.69, 9.17) is 16.3 Å². The normalized spacial score (nSPS) is 17.9. The van der Waals surface area contributed by atoms with Crippen molar-refractivity contribution in [3.63, 3.8) is 0 Å². The second-order valence-electron chi connectivity index (χ2n) is 6.57. The molecule has 0 aromatic heterocycles. The molecule has 3 rings (SSSR count). The number of hydrogen-bond acceptors (Lipinski definition) is 4. The van der Waals surface area contributed by atoms with Crippen molar-refractivity contribution < 1.29 is 17.9 Å². The standard InChI is InChI=1S/C20H23ClN2O4S/c1-2-27-19-8-4-3-7-18(19)22-20(24)15-6-5-13-23(14-15)28(25,26)17-11-9-16(21)10-12-17/h3-4,7-12,15H,2,5-6,13-14H2,1H3,(H,22,24)/t15-/m1/s1. The summed E-state index contributed by atoms with van der Waals surface area (Å²) < 4.78 is 32.7. The number of nitrogens with one attached hydrogen (secondary N) is 1. The zero-order chi connectivity index (χ0) is 20.1. The zero-order valence-corrected chi connectivity index (χ0v) is 17.2. The third-order valence-electron chi connectivity index (χ3n) is 4.65. The van der Waals surface area contributed by atoms with Gasteiger partial charge in [0.15, 0.2) is 0 Å². The molecule has 28 heavy (non-hydrogen) atoms. The van der Waals surface area contributed by atoms with Gasteiger partial charge in [0.25, 0.3) is 0 Å². The molecule has 0 aliphatic carbocycles. The number of hydrogen-bond donors (Lipinski definition) is 1. The Morgan fingerprint density at radius 2 is 1.93 bits per heavy atom.